The van der Waals surface area contributed by atoms with Gasteiger partial charge < -0.3 is 21.7 Å². The molecule has 1 unspecified atom stereocenters. The van der Waals surface area contributed by atoms with Gasteiger partial charge in [-0.05, 0) is 37.7 Å². The van der Waals surface area contributed by atoms with E-state index in [1.807, 2.05) is 7.05 Å². The zero-order chi connectivity index (χ0) is 20.8. The maximum atomic E-state index is 13.1. The number of halogens is 5. The zero-order valence-electron chi connectivity index (χ0n) is 16.5. The Kier molecular flexibility index (Phi) is 7.40. The molecule has 0 spiro atoms. The lowest BCUT2D eigenvalue weighted by Gasteiger charge is -2.20. The molecule has 1 aliphatic heterocycles. The van der Waals surface area contributed by atoms with Gasteiger partial charge >= 0.3 is 6.18 Å². The van der Waals surface area contributed by atoms with Crippen molar-refractivity contribution in [3.8, 4) is 11.4 Å². The van der Waals surface area contributed by atoms with E-state index in [2.05, 4.69) is 25.2 Å². The molecule has 0 bridgehead atoms. The fraction of sp³-hybridized carbons (Fsp3) is 0.316. The van der Waals surface area contributed by atoms with Crippen LogP contribution in [0, 0.1) is 0 Å². The molecule has 4 rings (SSSR count). The lowest BCUT2D eigenvalue weighted by molar-refractivity contribution is -0.137. The van der Waals surface area contributed by atoms with Crippen LogP contribution in [0.1, 0.15) is 12.0 Å². The molecule has 3 aromatic rings. The summed E-state index contributed by atoms with van der Waals surface area (Å²) in [6.45, 7) is 1.50. The lowest BCUT2D eigenvalue weighted by atomic mass is 10.1. The second-order valence-electron chi connectivity index (χ2n) is 6.99. The molecule has 0 amide bonds. The van der Waals surface area contributed by atoms with Crippen molar-refractivity contribution in [2.24, 2.45) is 0 Å². The quantitative estimate of drug-likeness (QED) is 0.497. The third-order valence-electron chi connectivity index (χ3n) is 5.08. The summed E-state index contributed by atoms with van der Waals surface area (Å²) in [5.74, 6) is 0.791. The van der Waals surface area contributed by atoms with Crippen LogP contribution in [0.4, 0.5) is 30.4 Å². The molecule has 2 aromatic heterocycles. The van der Waals surface area contributed by atoms with Gasteiger partial charge in [0.15, 0.2) is 11.6 Å². The molecule has 5 N–H and O–H groups in total. The number of alkyl halides is 3. The molecule has 0 aliphatic carbocycles. The number of rotatable bonds is 3. The first-order valence-corrected chi connectivity index (χ1v) is 9.09. The number of hydrogen-bond acceptors (Lipinski definition) is 7. The highest BCUT2D eigenvalue weighted by Gasteiger charge is 2.32. The molecule has 0 radical (unpaired) electrons. The van der Waals surface area contributed by atoms with Gasteiger partial charge in [0.05, 0.1) is 16.6 Å². The average molecular weight is 476 g/mol. The normalized spacial score (nSPS) is 16.1. The maximum Gasteiger partial charge on any atom is 0.416 e. The molecular formula is C19H22Cl2F3N7. The number of aromatic nitrogens is 3. The minimum atomic E-state index is -4.54. The summed E-state index contributed by atoms with van der Waals surface area (Å²) in [6, 6.07) is 5.54. The SMILES string of the molecule is CNC1CCN(c2nc(-c3c(N)cc(C(F)(F)F)cc3N)nc3cccnc23)C1.Cl.Cl. The monoisotopic (exact) mass is 475 g/mol. The van der Waals surface area contributed by atoms with Crippen LogP contribution in [0.3, 0.4) is 0 Å². The van der Waals surface area contributed by atoms with Gasteiger partial charge in [-0.2, -0.15) is 13.2 Å². The summed E-state index contributed by atoms with van der Waals surface area (Å²) >= 11 is 0. The Hall–Kier alpha value is -2.56. The number of anilines is 3. The van der Waals surface area contributed by atoms with Gasteiger partial charge in [0.25, 0.3) is 0 Å². The van der Waals surface area contributed by atoms with E-state index >= 15 is 0 Å². The van der Waals surface area contributed by atoms with Crippen LogP contribution in [0.15, 0.2) is 30.5 Å². The highest BCUT2D eigenvalue weighted by atomic mass is 35.5. The summed E-state index contributed by atoms with van der Waals surface area (Å²) < 4.78 is 39.2. The van der Waals surface area contributed by atoms with E-state index in [0.717, 1.165) is 31.6 Å². The molecule has 7 nitrogen and oxygen atoms in total. The molecule has 1 aromatic carbocycles. The van der Waals surface area contributed by atoms with Gasteiger partial charge in [0, 0.05) is 36.7 Å². The van der Waals surface area contributed by atoms with Gasteiger partial charge in [-0.1, -0.05) is 0 Å². The molecule has 12 heteroatoms. The fourth-order valence-electron chi connectivity index (χ4n) is 3.58. The van der Waals surface area contributed by atoms with Crippen molar-refractivity contribution >= 4 is 53.0 Å². The first-order chi connectivity index (χ1) is 13.8. The first kappa shape index (κ1) is 24.7. The maximum absolute atomic E-state index is 13.1. The number of hydrogen-bond donors (Lipinski definition) is 3. The van der Waals surface area contributed by atoms with Gasteiger partial charge in [-0.25, -0.2) is 9.97 Å². The highest BCUT2D eigenvalue weighted by molar-refractivity contribution is 5.91. The van der Waals surface area contributed by atoms with Gasteiger partial charge in [0.2, 0.25) is 0 Å². The van der Waals surface area contributed by atoms with Crippen LogP contribution in [-0.4, -0.2) is 41.1 Å². The summed E-state index contributed by atoms with van der Waals surface area (Å²) in [7, 11) is 1.90. The molecule has 31 heavy (non-hydrogen) atoms. The minimum Gasteiger partial charge on any atom is -0.398 e. The Morgan fingerprint density at radius 1 is 1.13 bits per heavy atom. The number of nitrogens with one attached hydrogen (secondary N) is 1. The molecular weight excluding hydrogens is 454 g/mol. The predicted octanol–water partition coefficient (Wildman–Crippen LogP) is 3.52. The summed E-state index contributed by atoms with van der Waals surface area (Å²) in [5.41, 5.74) is 12.1. The van der Waals surface area contributed by atoms with Crippen LogP contribution in [0.25, 0.3) is 22.4 Å². The Labute approximate surface area is 189 Å². The van der Waals surface area contributed by atoms with E-state index in [-0.39, 0.29) is 47.6 Å². The predicted molar refractivity (Wildman–Crippen MR) is 121 cm³/mol. The highest BCUT2D eigenvalue weighted by Crippen LogP contribution is 2.39. The number of pyridine rings is 1. The molecule has 0 saturated carbocycles. The Morgan fingerprint density at radius 2 is 1.81 bits per heavy atom. The molecule has 168 valence electrons. The van der Waals surface area contributed by atoms with Crippen molar-refractivity contribution in [2.45, 2.75) is 18.6 Å². The van der Waals surface area contributed by atoms with Crippen molar-refractivity contribution < 1.29 is 13.2 Å². The Bertz CT molecular complexity index is 1060. The zero-order valence-corrected chi connectivity index (χ0v) is 18.1. The van der Waals surface area contributed by atoms with E-state index < -0.39 is 11.7 Å². The van der Waals surface area contributed by atoms with Crippen LogP contribution in [0.5, 0.6) is 0 Å². The number of benzene rings is 1. The first-order valence-electron chi connectivity index (χ1n) is 9.09. The topological polar surface area (TPSA) is 106 Å². The second kappa shape index (κ2) is 9.29. The van der Waals surface area contributed by atoms with E-state index in [4.69, 9.17) is 11.5 Å². The number of fused-ring (bicyclic) bond motifs is 1. The van der Waals surface area contributed by atoms with Crippen molar-refractivity contribution in [3.63, 3.8) is 0 Å². The van der Waals surface area contributed by atoms with Crippen molar-refractivity contribution in [3.05, 3.63) is 36.0 Å². The number of likely N-dealkylation sites (N-methyl/N-ethyl adjacent to an activating group) is 1. The number of nitrogens with zero attached hydrogens (tertiary/aromatic N) is 4. The summed E-state index contributed by atoms with van der Waals surface area (Å²) in [6.07, 6.45) is -1.95. The lowest BCUT2D eigenvalue weighted by Crippen LogP contribution is -2.30. The van der Waals surface area contributed by atoms with Crippen molar-refractivity contribution in [2.75, 3.05) is 36.5 Å². The van der Waals surface area contributed by atoms with Gasteiger partial charge in [-0.3, -0.25) is 4.98 Å². The van der Waals surface area contributed by atoms with Crippen LogP contribution in [0.2, 0.25) is 0 Å². The van der Waals surface area contributed by atoms with E-state index in [0.29, 0.717) is 22.9 Å². The largest absolute Gasteiger partial charge is 0.416 e. The Balaban J connectivity index is 0.00000171. The second-order valence-corrected chi connectivity index (χ2v) is 6.99. The molecule has 1 aliphatic rings. The van der Waals surface area contributed by atoms with Crippen molar-refractivity contribution in [1.29, 1.82) is 0 Å². The molecule has 1 saturated heterocycles. The number of nitrogens with two attached hydrogens (primary N) is 2. The molecule has 1 fully saturated rings. The number of nitrogen functional groups attached to an aromatic ring is 2. The minimum absolute atomic E-state index is 0. The summed E-state index contributed by atoms with van der Waals surface area (Å²) in [4.78, 5) is 15.6. The Morgan fingerprint density at radius 3 is 2.39 bits per heavy atom. The smallest absolute Gasteiger partial charge is 0.398 e. The fourth-order valence-corrected chi connectivity index (χ4v) is 3.58. The van der Waals surface area contributed by atoms with E-state index in [9.17, 15) is 13.2 Å². The summed E-state index contributed by atoms with van der Waals surface area (Å²) in [5, 5.41) is 3.24. The standard InChI is InChI=1S/C19H20F3N7.2ClH/c1-25-11-4-6-29(9-11)18-16-14(3-2-5-26-16)27-17(28-18)15-12(23)7-10(8-13(15)24)19(20,21)22;;/h2-3,5,7-8,11,25H,4,6,9,23-24H2,1H3;2*1H. The average Bonchev–Trinajstić information content (AvgIpc) is 3.15. The molecule has 1 atom stereocenters. The van der Waals surface area contributed by atoms with Crippen molar-refractivity contribution in [1.82, 2.24) is 20.3 Å². The van der Waals surface area contributed by atoms with Gasteiger partial charge in [0.1, 0.15) is 5.52 Å². The van der Waals surface area contributed by atoms with Crippen LogP contribution < -0.4 is 21.7 Å². The molecule has 3 heterocycles. The third kappa shape index (κ3) is 4.70. The van der Waals surface area contributed by atoms with Crippen LogP contribution >= 0.6 is 24.8 Å². The third-order valence-corrected chi connectivity index (χ3v) is 5.08. The van der Waals surface area contributed by atoms with Gasteiger partial charge in [-0.15, -0.1) is 24.8 Å². The van der Waals surface area contributed by atoms with E-state index in [1.54, 1.807) is 18.3 Å². The van der Waals surface area contributed by atoms with E-state index in [1.165, 1.54) is 0 Å². The van der Waals surface area contributed by atoms with Crippen LogP contribution in [-0.2, 0) is 6.18 Å².